The largest absolute Gasteiger partial charge is 0.491 e. The third-order valence-electron chi connectivity index (χ3n) is 4.58. The maximum atomic E-state index is 13.0. The van der Waals surface area contributed by atoms with Crippen LogP contribution in [0.25, 0.3) is 11.3 Å². The number of benzene rings is 1. The summed E-state index contributed by atoms with van der Waals surface area (Å²) in [6.45, 7) is 6.55. The average molecular weight is 406 g/mol. The molecule has 0 saturated carbocycles. The lowest BCUT2D eigenvalue weighted by atomic mass is 10.0. The minimum absolute atomic E-state index is 0.214. The standard InChI is InChI=1S/C23H26N4O3/c1-15-5-6-22(26-12-15)18-9-19(11-21(10-18)30-8-7-29-4)23(28)27-16(2)20-13-24-17(3)25-14-20/h5-6,9-14,16H,7-8H2,1-4H3,(H,27,28)/t16-/m1/s1. The number of carbonyl (C=O) groups is 1. The van der Waals surface area contributed by atoms with Crippen LogP contribution in [-0.2, 0) is 4.74 Å². The van der Waals surface area contributed by atoms with Gasteiger partial charge in [-0.15, -0.1) is 0 Å². The summed E-state index contributed by atoms with van der Waals surface area (Å²) in [5.74, 6) is 1.06. The molecule has 30 heavy (non-hydrogen) atoms. The van der Waals surface area contributed by atoms with Crippen LogP contribution in [-0.4, -0.2) is 41.2 Å². The molecule has 0 saturated heterocycles. The van der Waals surface area contributed by atoms with Crippen molar-refractivity contribution in [3.8, 4) is 17.0 Å². The number of hydrogen-bond acceptors (Lipinski definition) is 6. The second-order valence-corrected chi connectivity index (χ2v) is 7.07. The quantitative estimate of drug-likeness (QED) is 0.575. The van der Waals surface area contributed by atoms with Gasteiger partial charge in [-0.1, -0.05) is 6.07 Å². The van der Waals surface area contributed by atoms with Crippen LogP contribution >= 0.6 is 0 Å². The summed E-state index contributed by atoms with van der Waals surface area (Å²) in [4.78, 5) is 25.8. The summed E-state index contributed by atoms with van der Waals surface area (Å²) < 4.78 is 10.8. The Balaban J connectivity index is 1.86. The molecule has 2 aromatic heterocycles. The van der Waals surface area contributed by atoms with Crippen LogP contribution in [0, 0.1) is 13.8 Å². The number of hydrogen-bond donors (Lipinski definition) is 1. The molecular formula is C23H26N4O3. The lowest BCUT2D eigenvalue weighted by Gasteiger charge is -2.15. The van der Waals surface area contributed by atoms with E-state index in [2.05, 4.69) is 20.3 Å². The summed E-state index contributed by atoms with van der Waals surface area (Å²) in [5.41, 5.74) is 3.97. The highest BCUT2D eigenvalue weighted by atomic mass is 16.5. The molecule has 2 heterocycles. The Morgan fingerprint density at radius 1 is 1.03 bits per heavy atom. The molecule has 7 nitrogen and oxygen atoms in total. The van der Waals surface area contributed by atoms with Crippen molar-refractivity contribution >= 4 is 5.91 Å². The predicted molar refractivity (Wildman–Crippen MR) is 114 cm³/mol. The zero-order valence-electron chi connectivity index (χ0n) is 17.7. The number of methoxy groups -OCH3 is 1. The van der Waals surface area contributed by atoms with Crippen LogP contribution in [0.2, 0.25) is 0 Å². The van der Waals surface area contributed by atoms with Gasteiger partial charge in [0.05, 0.1) is 18.3 Å². The van der Waals surface area contributed by atoms with Crippen LogP contribution < -0.4 is 10.1 Å². The minimum atomic E-state index is -0.239. The van der Waals surface area contributed by atoms with E-state index in [1.54, 1.807) is 31.8 Å². The van der Waals surface area contributed by atoms with Crippen LogP contribution in [0.1, 0.15) is 40.3 Å². The number of nitrogens with zero attached hydrogens (tertiary/aromatic N) is 3. The summed E-state index contributed by atoms with van der Waals surface area (Å²) in [7, 11) is 1.62. The van der Waals surface area contributed by atoms with Gasteiger partial charge in [-0.05, 0) is 50.6 Å². The van der Waals surface area contributed by atoms with Gasteiger partial charge in [0.25, 0.3) is 5.91 Å². The topological polar surface area (TPSA) is 86.2 Å². The van der Waals surface area contributed by atoms with Crippen molar-refractivity contribution in [3.63, 3.8) is 0 Å². The Labute approximate surface area is 176 Å². The molecule has 0 aliphatic rings. The first-order valence-corrected chi connectivity index (χ1v) is 9.75. The molecule has 0 unspecified atom stereocenters. The van der Waals surface area contributed by atoms with E-state index in [4.69, 9.17) is 9.47 Å². The molecule has 0 spiro atoms. The first-order chi connectivity index (χ1) is 14.5. The maximum absolute atomic E-state index is 13.0. The number of carbonyl (C=O) groups excluding carboxylic acids is 1. The second kappa shape index (κ2) is 9.93. The fourth-order valence-corrected chi connectivity index (χ4v) is 2.83. The van der Waals surface area contributed by atoms with Crippen molar-refractivity contribution in [2.75, 3.05) is 20.3 Å². The fraction of sp³-hybridized carbons (Fsp3) is 0.304. The van der Waals surface area contributed by atoms with E-state index < -0.39 is 0 Å². The Morgan fingerprint density at radius 3 is 2.47 bits per heavy atom. The molecule has 3 aromatic rings. The molecule has 3 rings (SSSR count). The highest BCUT2D eigenvalue weighted by Gasteiger charge is 2.15. The van der Waals surface area contributed by atoms with Crippen LogP contribution in [0.5, 0.6) is 5.75 Å². The first kappa shape index (κ1) is 21.4. The van der Waals surface area contributed by atoms with E-state index in [-0.39, 0.29) is 11.9 Å². The van der Waals surface area contributed by atoms with Gasteiger partial charge in [-0.25, -0.2) is 9.97 Å². The third kappa shape index (κ3) is 5.61. The SMILES string of the molecule is COCCOc1cc(C(=O)N[C@H](C)c2cnc(C)nc2)cc(-c2ccc(C)cn2)c1. The van der Waals surface area contributed by atoms with E-state index >= 15 is 0 Å². The number of aryl methyl sites for hydroxylation is 2. The average Bonchev–Trinajstić information content (AvgIpc) is 2.74. The molecule has 0 bridgehead atoms. The van der Waals surface area contributed by atoms with Crippen molar-refractivity contribution < 1.29 is 14.3 Å². The summed E-state index contributed by atoms with van der Waals surface area (Å²) in [6, 6.07) is 9.09. The molecule has 0 aliphatic heterocycles. The van der Waals surface area contributed by atoms with Gasteiger partial charge in [-0.2, -0.15) is 0 Å². The van der Waals surface area contributed by atoms with Crippen molar-refractivity contribution in [3.05, 3.63) is 71.4 Å². The molecule has 0 aliphatic carbocycles. The van der Waals surface area contributed by atoms with Crippen molar-refractivity contribution in [2.24, 2.45) is 0 Å². The highest BCUT2D eigenvalue weighted by Crippen LogP contribution is 2.26. The van der Waals surface area contributed by atoms with E-state index in [9.17, 15) is 4.79 Å². The molecule has 1 aromatic carbocycles. The Kier molecular flexibility index (Phi) is 7.08. The number of ether oxygens (including phenoxy) is 2. The number of pyridine rings is 1. The van der Waals surface area contributed by atoms with Gasteiger partial charge < -0.3 is 14.8 Å². The van der Waals surface area contributed by atoms with Gasteiger partial charge in [-0.3, -0.25) is 9.78 Å². The second-order valence-electron chi connectivity index (χ2n) is 7.07. The normalized spacial score (nSPS) is 11.7. The summed E-state index contributed by atoms with van der Waals surface area (Å²) in [6.07, 6.45) is 5.24. The van der Waals surface area contributed by atoms with Gasteiger partial charge in [0, 0.05) is 42.4 Å². The van der Waals surface area contributed by atoms with E-state index in [1.807, 2.05) is 45.0 Å². The summed E-state index contributed by atoms with van der Waals surface area (Å²) in [5, 5.41) is 2.99. The zero-order valence-corrected chi connectivity index (χ0v) is 17.7. The van der Waals surface area contributed by atoms with E-state index in [1.165, 1.54) is 0 Å². The Morgan fingerprint density at radius 2 is 1.80 bits per heavy atom. The maximum Gasteiger partial charge on any atom is 0.251 e. The van der Waals surface area contributed by atoms with Crippen LogP contribution in [0.15, 0.2) is 48.9 Å². The predicted octanol–water partition coefficient (Wildman–Crippen LogP) is 3.67. The lowest BCUT2D eigenvalue weighted by molar-refractivity contribution is 0.0939. The number of amides is 1. The van der Waals surface area contributed by atoms with Crippen molar-refractivity contribution in [2.45, 2.75) is 26.8 Å². The lowest BCUT2D eigenvalue weighted by Crippen LogP contribution is -2.27. The minimum Gasteiger partial charge on any atom is -0.491 e. The molecule has 7 heteroatoms. The highest BCUT2D eigenvalue weighted by molar-refractivity contribution is 5.96. The van der Waals surface area contributed by atoms with Gasteiger partial charge in [0.15, 0.2) is 0 Å². The van der Waals surface area contributed by atoms with Crippen LogP contribution in [0.3, 0.4) is 0 Å². The monoisotopic (exact) mass is 406 g/mol. The molecule has 0 radical (unpaired) electrons. The van der Waals surface area contributed by atoms with Gasteiger partial charge in [0.1, 0.15) is 18.2 Å². The van der Waals surface area contributed by atoms with E-state index in [0.29, 0.717) is 30.4 Å². The van der Waals surface area contributed by atoms with E-state index in [0.717, 1.165) is 22.4 Å². The molecule has 156 valence electrons. The van der Waals surface area contributed by atoms with Gasteiger partial charge in [0.2, 0.25) is 0 Å². The number of aromatic nitrogens is 3. The number of nitrogens with one attached hydrogen (secondary N) is 1. The third-order valence-corrected chi connectivity index (χ3v) is 4.58. The smallest absolute Gasteiger partial charge is 0.251 e. The summed E-state index contributed by atoms with van der Waals surface area (Å²) >= 11 is 0. The first-order valence-electron chi connectivity index (χ1n) is 9.75. The fourth-order valence-electron chi connectivity index (χ4n) is 2.83. The molecule has 0 fully saturated rings. The van der Waals surface area contributed by atoms with Crippen LogP contribution in [0.4, 0.5) is 0 Å². The molecule has 1 atom stereocenters. The molecule has 1 N–H and O–H groups in total. The molecule has 1 amide bonds. The Bertz CT molecular complexity index is 988. The van der Waals surface area contributed by atoms with Gasteiger partial charge >= 0.3 is 0 Å². The zero-order chi connectivity index (χ0) is 21.5. The Hall–Kier alpha value is -3.32. The van der Waals surface area contributed by atoms with Crippen molar-refractivity contribution in [1.29, 1.82) is 0 Å². The van der Waals surface area contributed by atoms with Crippen molar-refractivity contribution in [1.82, 2.24) is 20.3 Å². The number of rotatable bonds is 8. The molecular weight excluding hydrogens is 380 g/mol.